The predicted octanol–water partition coefficient (Wildman–Crippen LogP) is 1.80. The smallest absolute Gasteiger partial charge is 0.259 e. The van der Waals surface area contributed by atoms with Crippen molar-refractivity contribution < 1.29 is 9.32 Å². The quantitative estimate of drug-likeness (QED) is 0.851. The van der Waals surface area contributed by atoms with Crippen LogP contribution in [-0.2, 0) is 0 Å². The molecule has 1 aliphatic rings. The summed E-state index contributed by atoms with van der Waals surface area (Å²) in [6.45, 7) is 5.34. The minimum Gasteiger partial charge on any atom is -0.361 e. The van der Waals surface area contributed by atoms with Crippen LogP contribution in [0.4, 0.5) is 0 Å². The van der Waals surface area contributed by atoms with Gasteiger partial charge in [-0.3, -0.25) is 4.79 Å². The van der Waals surface area contributed by atoms with Crippen LogP contribution in [0.15, 0.2) is 4.52 Å². The van der Waals surface area contributed by atoms with Crippen LogP contribution in [0.5, 0.6) is 0 Å². The highest BCUT2D eigenvalue weighted by molar-refractivity contribution is 7.99. The summed E-state index contributed by atoms with van der Waals surface area (Å²) < 4.78 is 5.14. The van der Waals surface area contributed by atoms with Gasteiger partial charge in [-0.25, -0.2) is 0 Å². The van der Waals surface area contributed by atoms with E-state index in [2.05, 4.69) is 10.1 Å². The van der Waals surface area contributed by atoms with Gasteiger partial charge in [-0.2, -0.15) is 11.8 Å². The molecule has 2 rings (SSSR count). The van der Waals surface area contributed by atoms with Crippen molar-refractivity contribution >= 4 is 17.7 Å². The number of hydrogen-bond donors (Lipinski definition) is 0. The molecule has 6 heteroatoms. The standard InChI is InChI=1S/C14H23N3O2S/c1-10-13(11(2)19-15-10)14(18)17-6-5-7-20-9-12(17)8-16(3)4/h12H,5-9H2,1-4H3/t12-/m0/s1. The molecule has 0 unspecified atom stereocenters. The van der Waals surface area contributed by atoms with Gasteiger partial charge in [-0.1, -0.05) is 5.16 Å². The fourth-order valence-corrected chi connectivity index (χ4v) is 3.66. The zero-order valence-corrected chi connectivity index (χ0v) is 13.5. The van der Waals surface area contributed by atoms with Crippen LogP contribution >= 0.6 is 11.8 Å². The third-order valence-corrected chi connectivity index (χ3v) is 4.72. The van der Waals surface area contributed by atoms with Crippen LogP contribution in [-0.4, -0.2) is 65.6 Å². The minimum absolute atomic E-state index is 0.0654. The zero-order valence-electron chi connectivity index (χ0n) is 12.7. The van der Waals surface area contributed by atoms with Crippen molar-refractivity contribution in [3.05, 3.63) is 17.0 Å². The fourth-order valence-electron chi connectivity index (χ4n) is 2.60. The van der Waals surface area contributed by atoms with Crippen molar-refractivity contribution in [1.29, 1.82) is 0 Å². The highest BCUT2D eigenvalue weighted by Crippen LogP contribution is 2.22. The summed E-state index contributed by atoms with van der Waals surface area (Å²) in [4.78, 5) is 17.0. The monoisotopic (exact) mass is 297 g/mol. The van der Waals surface area contributed by atoms with Gasteiger partial charge in [-0.05, 0) is 40.1 Å². The number of carbonyl (C=O) groups is 1. The SMILES string of the molecule is Cc1noc(C)c1C(=O)N1CCCSC[C@@H]1CN(C)C. The Hall–Kier alpha value is -1.01. The number of carbonyl (C=O) groups excluding carboxylic acids is 1. The second-order valence-corrected chi connectivity index (χ2v) is 6.69. The van der Waals surface area contributed by atoms with E-state index in [0.717, 1.165) is 31.0 Å². The number of hydrogen-bond acceptors (Lipinski definition) is 5. The molecule has 0 N–H and O–H groups in total. The summed E-state index contributed by atoms with van der Waals surface area (Å²) in [5.41, 5.74) is 1.33. The minimum atomic E-state index is 0.0654. The molecular formula is C14H23N3O2S. The predicted molar refractivity (Wildman–Crippen MR) is 81.3 cm³/mol. The Kier molecular flexibility index (Phi) is 5.10. The van der Waals surface area contributed by atoms with Gasteiger partial charge < -0.3 is 14.3 Å². The molecule has 5 nitrogen and oxygen atoms in total. The van der Waals surface area contributed by atoms with Crippen LogP contribution in [0.1, 0.15) is 28.2 Å². The van der Waals surface area contributed by atoms with Gasteiger partial charge in [0.05, 0.1) is 11.7 Å². The van der Waals surface area contributed by atoms with Crippen molar-refractivity contribution in [3.8, 4) is 0 Å². The number of amides is 1. The highest BCUT2D eigenvalue weighted by Gasteiger charge is 2.30. The maximum absolute atomic E-state index is 12.8. The first-order valence-corrected chi connectivity index (χ1v) is 8.12. The lowest BCUT2D eigenvalue weighted by Crippen LogP contribution is -2.47. The van der Waals surface area contributed by atoms with Crippen molar-refractivity contribution in [2.24, 2.45) is 0 Å². The van der Waals surface area contributed by atoms with Crippen LogP contribution in [0.3, 0.4) is 0 Å². The molecule has 1 aromatic heterocycles. The van der Waals surface area contributed by atoms with Gasteiger partial charge in [0.15, 0.2) is 0 Å². The van der Waals surface area contributed by atoms with E-state index in [9.17, 15) is 4.79 Å². The summed E-state index contributed by atoms with van der Waals surface area (Å²) in [5.74, 6) is 2.80. The molecule has 0 spiro atoms. The molecule has 112 valence electrons. The van der Waals surface area contributed by atoms with E-state index < -0.39 is 0 Å². The Balaban J connectivity index is 2.24. The molecule has 1 saturated heterocycles. The molecule has 0 aliphatic carbocycles. The second kappa shape index (κ2) is 6.63. The van der Waals surface area contributed by atoms with Crippen LogP contribution < -0.4 is 0 Å². The van der Waals surface area contributed by atoms with Gasteiger partial charge in [0.2, 0.25) is 0 Å². The number of thioether (sulfide) groups is 1. The van der Waals surface area contributed by atoms with Gasteiger partial charge in [-0.15, -0.1) is 0 Å². The Morgan fingerprint density at radius 3 is 2.85 bits per heavy atom. The molecule has 1 aliphatic heterocycles. The van der Waals surface area contributed by atoms with E-state index in [1.807, 2.05) is 37.7 Å². The maximum atomic E-state index is 12.8. The van der Waals surface area contributed by atoms with Crippen molar-refractivity contribution in [2.45, 2.75) is 26.3 Å². The Morgan fingerprint density at radius 2 is 2.25 bits per heavy atom. The van der Waals surface area contributed by atoms with Crippen LogP contribution in [0.2, 0.25) is 0 Å². The summed E-state index contributed by atoms with van der Waals surface area (Å²) in [6.07, 6.45) is 1.05. The van der Waals surface area contributed by atoms with Crippen molar-refractivity contribution in [3.63, 3.8) is 0 Å². The number of nitrogens with zero attached hydrogens (tertiary/aromatic N) is 3. The molecule has 1 amide bonds. The summed E-state index contributed by atoms with van der Waals surface area (Å²) in [5, 5.41) is 3.90. The third kappa shape index (κ3) is 3.35. The topological polar surface area (TPSA) is 49.6 Å². The molecule has 0 saturated carbocycles. The van der Waals surface area contributed by atoms with Gasteiger partial charge in [0.25, 0.3) is 5.91 Å². The molecule has 0 aromatic carbocycles. The van der Waals surface area contributed by atoms with Gasteiger partial charge in [0.1, 0.15) is 11.3 Å². The number of likely N-dealkylation sites (N-methyl/N-ethyl adjacent to an activating group) is 1. The van der Waals surface area contributed by atoms with Gasteiger partial charge >= 0.3 is 0 Å². The maximum Gasteiger partial charge on any atom is 0.259 e. The first-order chi connectivity index (χ1) is 9.50. The van der Waals surface area contributed by atoms with Gasteiger partial charge in [0, 0.05) is 18.8 Å². The molecule has 1 aromatic rings. The second-order valence-electron chi connectivity index (χ2n) is 5.54. The Morgan fingerprint density at radius 1 is 1.50 bits per heavy atom. The number of aromatic nitrogens is 1. The lowest BCUT2D eigenvalue weighted by molar-refractivity contribution is 0.0673. The average molecular weight is 297 g/mol. The number of aryl methyl sites for hydroxylation is 2. The molecule has 0 bridgehead atoms. The van der Waals surface area contributed by atoms with Crippen LogP contribution in [0.25, 0.3) is 0 Å². The average Bonchev–Trinajstić information content (AvgIpc) is 2.60. The van der Waals surface area contributed by atoms with Crippen molar-refractivity contribution in [1.82, 2.24) is 15.0 Å². The Labute approximate surface area is 124 Å². The molecular weight excluding hydrogens is 274 g/mol. The van der Waals surface area contributed by atoms with E-state index in [-0.39, 0.29) is 11.9 Å². The largest absolute Gasteiger partial charge is 0.361 e. The Bertz CT molecular complexity index is 453. The van der Waals surface area contributed by atoms with Crippen molar-refractivity contribution in [2.75, 3.05) is 38.7 Å². The molecule has 1 atom stereocenters. The third-order valence-electron chi connectivity index (χ3n) is 3.52. The van der Waals surface area contributed by atoms with E-state index in [1.54, 1.807) is 6.92 Å². The van der Waals surface area contributed by atoms with E-state index in [0.29, 0.717) is 17.0 Å². The summed E-state index contributed by atoms with van der Waals surface area (Å²) >= 11 is 1.93. The lowest BCUT2D eigenvalue weighted by atomic mass is 10.1. The fraction of sp³-hybridized carbons (Fsp3) is 0.714. The molecule has 1 fully saturated rings. The first kappa shape index (κ1) is 15.4. The highest BCUT2D eigenvalue weighted by atomic mass is 32.2. The first-order valence-electron chi connectivity index (χ1n) is 6.97. The normalized spacial score (nSPS) is 20.2. The summed E-state index contributed by atoms with van der Waals surface area (Å²) in [6, 6.07) is 0.249. The zero-order chi connectivity index (χ0) is 14.7. The van der Waals surface area contributed by atoms with E-state index in [4.69, 9.17) is 4.52 Å². The molecule has 2 heterocycles. The number of rotatable bonds is 3. The van der Waals surface area contributed by atoms with E-state index >= 15 is 0 Å². The molecule has 20 heavy (non-hydrogen) atoms. The van der Waals surface area contributed by atoms with E-state index in [1.165, 1.54) is 0 Å². The molecule has 0 radical (unpaired) electrons. The lowest BCUT2D eigenvalue weighted by Gasteiger charge is -2.31. The summed E-state index contributed by atoms with van der Waals surface area (Å²) in [7, 11) is 4.10. The van der Waals surface area contributed by atoms with Crippen LogP contribution in [0, 0.1) is 13.8 Å².